The highest BCUT2D eigenvalue weighted by Crippen LogP contribution is 2.30. The zero-order valence-electron chi connectivity index (χ0n) is 13.8. The van der Waals surface area contributed by atoms with Gasteiger partial charge in [-0.25, -0.2) is 4.68 Å². The van der Waals surface area contributed by atoms with Crippen LogP contribution in [0.5, 0.6) is 0 Å². The van der Waals surface area contributed by atoms with Crippen LogP contribution in [0.1, 0.15) is 31.2 Å². The molecule has 2 atom stereocenters. The summed E-state index contributed by atoms with van der Waals surface area (Å²) in [5.41, 5.74) is 2.14. The molecule has 2 heterocycles. The van der Waals surface area contributed by atoms with Gasteiger partial charge in [0.1, 0.15) is 0 Å². The molecule has 0 unspecified atom stereocenters. The van der Waals surface area contributed by atoms with Gasteiger partial charge < -0.3 is 9.64 Å². The van der Waals surface area contributed by atoms with E-state index in [1.165, 1.54) is 6.42 Å². The van der Waals surface area contributed by atoms with Gasteiger partial charge in [-0.1, -0.05) is 18.2 Å². The van der Waals surface area contributed by atoms with E-state index in [2.05, 4.69) is 10.00 Å². The minimum atomic E-state index is 0.252. The molecule has 1 saturated heterocycles. The number of fused-ring (bicyclic) bond motifs is 1. The summed E-state index contributed by atoms with van der Waals surface area (Å²) in [7, 11) is 0. The molecule has 1 aliphatic carbocycles. The number of hydrogen-bond donors (Lipinski definition) is 0. The summed E-state index contributed by atoms with van der Waals surface area (Å²) < 4.78 is 7.65. The van der Waals surface area contributed by atoms with Gasteiger partial charge in [0.25, 0.3) is 0 Å². The van der Waals surface area contributed by atoms with Crippen molar-refractivity contribution >= 4 is 5.91 Å². The van der Waals surface area contributed by atoms with Crippen LogP contribution >= 0.6 is 0 Å². The second-order valence-electron chi connectivity index (χ2n) is 6.62. The lowest BCUT2D eigenvalue weighted by atomic mass is 10.1. The predicted molar refractivity (Wildman–Crippen MR) is 91.0 cm³/mol. The number of nitrogens with zero attached hydrogens (tertiary/aromatic N) is 3. The van der Waals surface area contributed by atoms with Crippen LogP contribution in [0.2, 0.25) is 0 Å². The summed E-state index contributed by atoms with van der Waals surface area (Å²) in [6.45, 7) is 1.42. The Morgan fingerprint density at radius 3 is 3.00 bits per heavy atom. The SMILES string of the molecule is O=C(CCc1cnn(-c2ccccc2)c1)N1CCO[C@H]2CCC[C@H]21. The van der Waals surface area contributed by atoms with Crippen LogP contribution in [0, 0.1) is 0 Å². The highest BCUT2D eigenvalue weighted by atomic mass is 16.5. The maximum absolute atomic E-state index is 12.6. The lowest BCUT2D eigenvalue weighted by molar-refractivity contribution is -0.143. The number of rotatable bonds is 4. The van der Waals surface area contributed by atoms with Crippen molar-refractivity contribution in [3.05, 3.63) is 48.3 Å². The molecule has 1 aromatic carbocycles. The minimum absolute atomic E-state index is 0.252. The summed E-state index contributed by atoms with van der Waals surface area (Å²) in [4.78, 5) is 14.7. The lowest BCUT2D eigenvalue weighted by Gasteiger charge is -2.37. The van der Waals surface area contributed by atoms with Gasteiger partial charge in [-0.15, -0.1) is 0 Å². The molecule has 4 rings (SSSR count). The van der Waals surface area contributed by atoms with E-state index >= 15 is 0 Å². The maximum Gasteiger partial charge on any atom is 0.223 e. The molecular formula is C19H23N3O2. The fraction of sp³-hybridized carbons (Fsp3) is 0.474. The number of aryl methyl sites for hydroxylation is 1. The average Bonchev–Trinajstić information content (AvgIpc) is 3.29. The van der Waals surface area contributed by atoms with E-state index in [0.29, 0.717) is 19.1 Å². The zero-order valence-corrected chi connectivity index (χ0v) is 13.8. The molecule has 1 aliphatic heterocycles. The number of hydrogen-bond acceptors (Lipinski definition) is 3. The summed E-state index contributed by atoms with van der Waals surface area (Å²) in [5, 5.41) is 4.40. The summed E-state index contributed by atoms with van der Waals surface area (Å²) in [6, 6.07) is 10.3. The summed E-state index contributed by atoms with van der Waals surface area (Å²) >= 11 is 0. The fourth-order valence-electron chi connectivity index (χ4n) is 3.84. The minimum Gasteiger partial charge on any atom is -0.374 e. The Morgan fingerprint density at radius 2 is 2.12 bits per heavy atom. The molecule has 1 amide bonds. The second-order valence-corrected chi connectivity index (χ2v) is 6.62. The Balaban J connectivity index is 1.37. The van der Waals surface area contributed by atoms with Gasteiger partial charge in [0.15, 0.2) is 0 Å². The standard InChI is InChI=1S/C19H23N3O2/c23-19(21-11-12-24-18-8-4-7-17(18)21)10-9-15-13-20-22(14-15)16-5-2-1-3-6-16/h1-3,5-6,13-14,17-18H,4,7-12H2/t17-,18+/m1/s1. The molecule has 2 aliphatic rings. The van der Waals surface area contributed by atoms with Crippen LogP contribution in [0.25, 0.3) is 5.69 Å². The van der Waals surface area contributed by atoms with Crippen molar-refractivity contribution < 1.29 is 9.53 Å². The van der Waals surface area contributed by atoms with Crippen molar-refractivity contribution in [2.24, 2.45) is 0 Å². The van der Waals surface area contributed by atoms with Crippen LogP contribution in [-0.2, 0) is 16.0 Å². The molecule has 1 saturated carbocycles. The van der Waals surface area contributed by atoms with E-state index in [-0.39, 0.29) is 12.0 Å². The monoisotopic (exact) mass is 325 g/mol. The number of benzene rings is 1. The number of aromatic nitrogens is 2. The third kappa shape index (κ3) is 3.08. The topological polar surface area (TPSA) is 47.4 Å². The van der Waals surface area contributed by atoms with Crippen molar-refractivity contribution in [1.29, 1.82) is 0 Å². The first-order valence-electron chi connectivity index (χ1n) is 8.81. The number of carbonyl (C=O) groups excluding carboxylic acids is 1. The van der Waals surface area contributed by atoms with Gasteiger partial charge in [-0.05, 0) is 43.4 Å². The van der Waals surface area contributed by atoms with E-state index in [4.69, 9.17) is 4.74 Å². The molecule has 0 spiro atoms. The number of ether oxygens (including phenoxy) is 1. The van der Waals surface area contributed by atoms with Gasteiger partial charge in [0.05, 0.1) is 30.6 Å². The molecule has 24 heavy (non-hydrogen) atoms. The molecule has 0 radical (unpaired) electrons. The molecular weight excluding hydrogens is 302 g/mol. The molecule has 2 aromatic rings. The molecule has 5 nitrogen and oxygen atoms in total. The molecule has 5 heteroatoms. The quantitative estimate of drug-likeness (QED) is 0.868. The first kappa shape index (κ1) is 15.4. The Kier molecular flexibility index (Phi) is 4.34. The highest BCUT2D eigenvalue weighted by Gasteiger charge is 2.37. The largest absolute Gasteiger partial charge is 0.374 e. The summed E-state index contributed by atoms with van der Waals surface area (Å²) in [6.07, 6.45) is 8.77. The smallest absolute Gasteiger partial charge is 0.223 e. The van der Waals surface area contributed by atoms with E-state index in [1.54, 1.807) is 0 Å². The Hall–Kier alpha value is -2.14. The number of morpholine rings is 1. The van der Waals surface area contributed by atoms with E-state index in [0.717, 1.165) is 37.1 Å². The number of carbonyl (C=O) groups is 1. The third-order valence-corrected chi connectivity index (χ3v) is 5.09. The van der Waals surface area contributed by atoms with Crippen LogP contribution in [0.3, 0.4) is 0 Å². The van der Waals surface area contributed by atoms with Crippen LogP contribution in [0.15, 0.2) is 42.7 Å². The van der Waals surface area contributed by atoms with Crippen molar-refractivity contribution in [3.8, 4) is 5.69 Å². The first-order chi connectivity index (χ1) is 11.8. The Bertz CT molecular complexity index is 698. The molecule has 0 N–H and O–H groups in total. The highest BCUT2D eigenvalue weighted by molar-refractivity contribution is 5.77. The van der Waals surface area contributed by atoms with E-state index in [9.17, 15) is 4.79 Å². The van der Waals surface area contributed by atoms with Crippen molar-refractivity contribution in [2.45, 2.75) is 44.2 Å². The predicted octanol–water partition coefficient (Wildman–Crippen LogP) is 2.58. The van der Waals surface area contributed by atoms with Crippen LogP contribution in [-0.4, -0.2) is 45.9 Å². The Labute approximate surface area is 142 Å². The lowest BCUT2D eigenvalue weighted by Crippen LogP contribution is -2.51. The van der Waals surface area contributed by atoms with Crippen LogP contribution in [0.4, 0.5) is 0 Å². The molecule has 1 aromatic heterocycles. The molecule has 2 fully saturated rings. The normalized spacial score (nSPS) is 23.2. The van der Waals surface area contributed by atoms with Gasteiger partial charge in [-0.2, -0.15) is 5.10 Å². The second kappa shape index (κ2) is 6.77. The Morgan fingerprint density at radius 1 is 1.25 bits per heavy atom. The first-order valence-corrected chi connectivity index (χ1v) is 8.81. The molecule has 0 bridgehead atoms. The number of para-hydroxylation sites is 1. The van der Waals surface area contributed by atoms with Gasteiger partial charge >= 0.3 is 0 Å². The maximum atomic E-state index is 12.6. The zero-order chi connectivity index (χ0) is 16.4. The van der Waals surface area contributed by atoms with Crippen LogP contribution < -0.4 is 0 Å². The number of amides is 1. The van der Waals surface area contributed by atoms with Crippen molar-refractivity contribution in [1.82, 2.24) is 14.7 Å². The summed E-state index contributed by atoms with van der Waals surface area (Å²) in [5.74, 6) is 0.252. The van der Waals surface area contributed by atoms with Gasteiger partial charge in [0.2, 0.25) is 5.91 Å². The third-order valence-electron chi connectivity index (χ3n) is 5.09. The van der Waals surface area contributed by atoms with Gasteiger partial charge in [0, 0.05) is 19.2 Å². The van der Waals surface area contributed by atoms with Crippen molar-refractivity contribution in [3.63, 3.8) is 0 Å². The molecule has 126 valence electrons. The van der Waals surface area contributed by atoms with E-state index in [1.807, 2.05) is 47.4 Å². The fourth-order valence-corrected chi connectivity index (χ4v) is 3.84. The average molecular weight is 325 g/mol. The van der Waals surface area contributed by atoms with Crippen molar-refractivity contribution in [2.75, 3.05) is 13.2 Å². The van der Waals surface area contributed by atoms with Gasteiger partial charge in [-0.3, -0.25) is 4.79 Å². The van der Waals surface area contributed by atoms with E-state index < -0.39 is 0 Å².